The fourth-order valence-electron chi connectivity index (χ4n) is 3.13. The van der Waals surface area contributed by atoms with Crippen molar-refractivity contribution < 1.29 is 18.7 Å². The second-order valence-corrected chi connectivity index (χ2v) is 6.32. The fraction of sp³-hybridized carbons (Fsp3) is 0.300. The van der Waals surface area contributed by atoms with E-state index in [-0.39, 0.29) is 23.3 Å². The summed E-state index contributed by atoms with van der Waals surface area (Å²) >= 11 is 0. The van der Waals surface area contributed by atoms with Crippen LogP contribution in [0.25, 0.3) is 11.1 Å². The molecule has 0 spiro atoms. The highest BCUT2D eigenvalue weighted by Crippen LogP contribution is 2.28. The van der Waals surface area contributed by atoms with Gasteiger partial charge >= 0.3 is 6.09 Å². The van der Waals surface area contributed by atoms with E-state index < -0.39 is 11.9 Å². The standard InChI is InChI=1S/C20H21FN2O3/c1-22-19(24)14-6-4-5-13(11-14)17-12-16(9-10-18(17)21)26-20(25)23-15-7-2-3-8-15/h4-6,9-12,15H,2-3,7-8H2,1H3,(H,22,24)(H,23,25). The van der Waals surface area contributed by atoms with Crippen molar-refractivity contribution in [3.63, 3.8) is 0 Å². The van der Waals surface area contributed by atoms with Crippen LogP contribution >= 0.6 is 0 Å². The largest absolute Gasteiger partial charge is 0.412 e. The fourth-order valence-corrected chi connectivity index (χ4v) is 3.13. The zero-order valence-corrected chi connectivity index (χ0v) is 14.5. The van der Waals surface area contributed by atoms with Crippen molar-refractivity contribution >= 4 is 12.0 Å². The Labute approximate surface area is 151 Å². The van der Waals surface area contributed by atoms with Gasteiger partial charge < -0.3 is 15.4 Å². The van der Waals surface area contributed by atoms with Gasteiger partial charge in [-0.05, 0) is 48.7 Å². The van der Waals surface area contributed by atoms with E-state index in [1.54, 1.807) is 24.3 Å². The summed E-state index contributed by atoms with van der Waals surface area (Å²) in [5.41, 5.74) is 1.22. The Bertz CT molecular complexity index is 816. The topological polar surface area (TPSA) is 67.4 Å². The van der Waals surface area contributed by atoms with E-state index in [2.05, 4.69) is 10.6 Å². The van der Waals surface area contributed by atoms with Crippen molar-refractivity contribution in [2.45, 2.75) is 31.7 Å². The molecule has 2 aromatic carbocycles. The number of carbonyl (C=O) groups excluding carboxylic acids is 2. The molecular formula is C20H21FN2O3. The molecule has 0 atom stereocenters. The maximum absolute atomic E-state index is 14.3. The summed E-state index contributed by atoms with van der Waals surface area (Å²) in [4.78, 5) is 23.8. The van der Waals surface area contributed by atoms with Crippen LogP contribution in [0, 0.1) is 5.82 Å². The van der Waals surface area contributed by atoms with Gasteiger partial charge in [0.1, 0.15) is 11.6 Å². The molecule has 0 bridgehead atoms. The van der Waals surface area contributed by atoms with E-state index in [1.807, 2.05) is 0 Å². The van der Waals surface area contributed by atoms with Crippen molar-refractivity contribution in [1.82, 2.24) is 10.6 Å². The van der Waals surface area contributed by atoms with Crippen LogP contribution in [0.2, 0.25) is 0 Å². The third-order valence-corrected chi connectivity index (χ3v) is 4.49. The minimum absolute atomic E-state index is 0.145. The molecule has 0 radical (unpaired) electrons. The molecule has 0 aromatic heterocycles. The monoisotopic (exact) mass is 356 g/mol. The van der Waals surface area contributed by atoms with Crippen LogP contribution in [0.3, 0.4) is 0 Å². The molecule has 2 N–H and O–H groups in total. The number of hydrogen-bond acceptors (Lipinski definition) is 3. The Morgan fingerprint density at radius 2 is 1.88 bits per heavy atom. The maximum atomic E-state index is 14.3. The number of carbonyl (C=O) groups is 2. The zero-order chi connectivity index (χ0) is 18.5. The van der Waals surface area contributed by atoms with Gasteiger partial charge in [0.15, 0.2) is 0 Å². The second kappa shape index (κ2) is 7.99. The molecular weight excluding hydrogens is 335 g/mol. The minimum Gasteiger partial charge on any atom is -0.410 e. The van der Waals surface area contributed by atoms with Crippen LogP contribution in [0.4, 0.5) is 9.18 Å². The zero-order valence-electron chi connectivity index (χ0n) is 14.5. The van der Waals surface area contributed by atoms with Gasteiger partial charge in [-0.2, -0.15) is 0 Å². The first-order valence-electron chi connectivity index (χ1n) is 8.67. The molecule has 5 nitrogen and oxygen atoms in total. The summed E-state index contributed by atoms with van der Waals surface area (Å²) in [6.07, 6.45) is 3.58. The van der Waals surface area contributed by atoms with Gasteiger partial charge in [-0.25, -0.2) is 9.18 Å². The van der Waals surface area contributed by atoms with Gasteiger partial charge in [-0.3, -0.25) is 4.79 Å². The van der Waals surface area contributed by atoms with E-state index >= 15 is 0 Å². The van der Waals surface area contributed by atoms with Gasteiger partial charge in [0, 0.05) is 24.2 Å². The van der Waals surface area contributed by atoms with Crippen molar-refractivity contribution in [1.29, 1.82) is 0 Å². The van der Waals surface area contributed by atoms with Gasteiger partial charge in [0.2, 0.25) is 0 Å². The van der Waals surface area contributed by atoms with Crippen molar-refractivity contribution in [2.75, 3.05) is 7.05 Å². The molecule has 136 valence electrons. The first-order chi connectivity index (χ1) is 12.6. The van der Waals surface area contributed by atoms with Gasteiger partial charge in [-0.1, -0.05) is 25.0 Å². The number of nitrogens with one attached hydrogen (secondary N) is 2. The van der Waals surface area contributed by atoms with E-state index in [1.165, 1.54) is 25.2 Å². The highest BCUT2D eigenvalue weighted by molar-refractivity contribution is 5.95. The Hall–Kier alpha value is -2.89. The van der Waals surface area contributed by atoms with Gasteiger partial charge in [0.25, 0.3) is 5.91 Å². The second-order valence-electron chi connectivity index (χ2n) is 6.32. The quantitative estimate of drug-likeness (QED) is 0.873. The average Bonchev–Trinajstić information content (AvgIpc) is 3.15. The van der Waals surface area contributed by atoms with Crippen LogP contribution in [0.5, 0.6) is 5.75 Å². The molecule has 6 heteroatoms. The van der Waals surface area contributed by atoms with Crippen LogP contribution in [-0.2, 0) is 0 Å². The number of amides is 2. The number of benzene rings is 2. The van der Waals surface area contributed by atoms with Crippen molar-refractivity contribution in [3.8, 4) is 16.9 Å². The molecule has 0 unspecified atom stereocenters. The van der Waals surface area contributed by atoms with Crippen LogP contribution in [0.1, 0.15) is 36.0 Å². The Morgan fingerprint density at radius 1 is 1.12 bits per heavy atom. The molecule has 0 heterocycles. The molecule has 2 amide bonds. The lowest BCUT2D eigenvalue weighted by molar-refractivity contribution is 0.0963. The maximum Gasteiger partial charge on any atom is 0.412 e. The molecule has 1 fully saturated rings. The molecule has 0 saturated heterocycles. The predicted octanol–water partition coefficient (Wildman–Crippen LogP) is 3.88. The third-order valence-electron chi connectivity index (χ3n) is 4.49. The summed E-state index contributed by atoms with van der Waals surface area (Å²) in [6, 6.07) is 10.9. The summed E-state index contributed by atoms with van der Waals surface area (Å²) in [5.74, 6) is -0.458. The lowest BCUT2D eigenvalue weighted by Gasteiger charge is -2.13. The van der Waals surface area contributed by atoms with Crippen LogP contribution < -0.4 is 15.4 Å². The van der Waals surface area contributed by atoms with Crippen molar-refractivity contribution in [2.24, 2.45) is 0 Å². The van der Waals surface area contributed by atoms with Crippen molar-refractivity contribution in [3.05, 3.63) is 53.8 Å². The molecule has 0 aliphatic heterocycles. The average molecular weight is 356 g/mol. The smallest absolute Gasteiger partial charge is 0.410 e. The summed E-state index contributed by atoms with van der Waals surface area (Å²) < 4.78 is 19.6. The summed E-state index contributed by atoms with van der Waals surface area (Å²) in [6.45, 7) is 0. The molecule has 1 aliphatic rings. The highest BCUT2D eigenvalue weighted by Gasteiger charge is 2.18. The SMILES string of the molecule is CNC(=O)c1cccc(-c2cc(OC(=O)NC3CCCC3)ccc2F)c1. The van der Waals surface area contributed by atoms with Gasteiger partial charge in [0.05, 0.1) is 0 Å². The highest BCUT2D eigenvalue weighted by atomic mass is 19.1. The number of rotatable bonds is 4. The minimum atomic E-state index is -0.534. The Balaban J connectivity index is 1.79. The lowest BCUT2D eigenvalue weighted by atomic mass is 10.0. The summed E-state index contributed by atoms with van der Waals surface area (Å²) in [7, 11) is 1.53. The van der Waals surface area contributed by atoms with Gasteiger partial charge in [-0.15, -0.1) is 0 Å². The Kier molecular flexibility index (Phi) is 5.51. The van der Waals surface area contributed by atoms with E-state index in [0.29, 0.717) is 11.1 Å². The molecule has 26 heavy (non-hydrogen) atoms. The normalized spacial score (nSPS) is 14.1. The van der Waals surface area contributed by atoms with E-state index in [4.69, 9.17) is 4.74 Å². The predicted molar refractivity (Wildman–Crippen MR) is 96.6 cm³/mol. The Morgan fingerprint density at radius 3 is 2.62 bits per heavy atom. The molecule has 1 aliphatic carbocycles. The molecule has 3 rings (SSSR count). The first-order valence-corrected chi connectivity index (χ1v) is 8.67. The first kappa shape index (κ1) is 17.9. The number of hydrogen-bond donors (Lipinski definition) is 2. The molecule has 1 saturated carbocycles. The van der Waals surface area contributed by atoms with E-state index in [9.17, 15) is 14.0 Å². The summed E-state index contributed by atoms with van der Waals surface area (Å²) in [5, 5.41) is 5.36. The van der Waals surface area contributed by atoms with Crippen LogP contribution in [0.15, 0.2) is 42.5 Å². The van der Waals surface area contributed by atoms with Crippen LogP contribution in [-0.4, -0.2) is 25.1 Å². The molecule has 2 aromatic rings. The number of ether oxygens (including phenoxy) is 1. The number of halogens is 1. The van der Waals surface area contributed by atoms with E-state index in [0.717, 1.165) is 25.7 Å². The third kappa shape index (κ3) is 4.20. The lowest BCUT2D eigenvalue weighted by Crippen LogP contribution is -2.34.